The highest BCUT2D eigenvalue weighted by molar-refractivity contribution is 7.10. The van der Waals surface area contributed by atoms with Gasteiger partial charge in [-0.2, -0.15) is 0 Å². The lowest BCUT2D eigenvalue weighted by Gasteiger charge is -2.38. The first-order chi connectivity index (χ1) is 19.3. The Morgan fingerprint density at radius 1 is 0.800 bits per heavy atom. The number of primary amides is 1. The molecule has 1 unspecified atom stereocenters. The van der Waals surface area contributed by atoms with Crippen molar-refractivity contribution in [3.8, 4) is 0 Å². The molecule has 210 valence electrons. The molecule has 1 aliphatic rings. The van der Waals surface area contributed by atoms with Crippen LogP contribution >= 0.6 is 34.0 Å². The molecule has 40 heavy (non-hydrogen) atoms. The molecule has 3 aromatic heterocycles. The van der Waals surface area contributed by atoms with Gasteiger partial charge in [-0.3, -0.25) is 4.79 Å². The van der Waals surface area contributed by atoms with Gasteiger partial charge in [0.25, 0.3) is 0 Å². The number of amidine groups is 1. The number of nitrogens with one attached hydrogen (secondary N) is 1. The summed E-state index contributed by atoms with van der Waals surface area (Å²) >= 11 is 5.19. The number of para-hydroxylation sites is 1. The molecule has 0 spiro atoms. The van der Waals surface area contributed by atoms with Crippen LogP contribution in [-0.4, -0.2) is 22.9 Å². The Labute approximate surface area is 249 Å². The number of amides is 1. The van der Waals surface area contributed by atoms with Crippen molar-refractivity contribution >= 4 is 51.4 Å². The number of benzene rings is 1. The summed E-state index contributed by atoms with van der Waals surface area (Å²) in [5, 5.41) is 15.4. The number of nitrogens with two attached hydrogens (primary N) is 1. The highest BCUT2D eigenvalue weighted by atomic mass is 32.1. The van der Waals surface area contributed by atoms with Crippen LogP contribution in [0.2, 0.25) is 0 Å². The summed E-state index contributed by atoms with van der Waals surface area (Å²) < 4.78 is 0. The standard InChI is InChI=1S/C31H37N5OS3/c1-20(2)26-12-5-13-27(21(3)4)29(26)35-31(22(17-23-9-6-14-38-23)18-24-10-7-15-39-24)33-34-36(35)28(30(32)37)19-25-11-8-16-40-25/h5-16,20-22,28,34H,17-19H2,1-4H3,(H2,32,37). The molecule has 6 nitrogen and oxygen atoms in total. The topological polar surface area (TPSA) is 74.0 Å². The summed E-state index contributed by atoms with van der Waals surface area (Å²) in [6, 6.07) is 18.6. The largest absolute Gasteiger partial charge is 0.368 e. The van der Waals surface area contributed by atoms with Gasteiger partial charge in [0.1, 0.15) is 6.04 Å². The molecule has 5 rings (SSSR count). The number of thiophene rings is 3. The minimum atomic E-state index is -0.621. The Morgan fingerprint density at radius 3 is 1.73 bits per heavy atom. The van der Waals surface area contributed by atoms with E-state index in [-0.39, 0.29) is 23.7 Å². The van der Waals surface area contributed by atoms with E-state index in [1.165, 1.54) is 20.9 Å². The van der Waals surface area contributed by atoms with E-state index in [9.17, 15) is 4.79 Å². The first-order valence-corrected chi connectivity index (χ1v) is 16.4. The van der Waals surface area contributed by atoms with Crippen LogP contribution in [0.1, 0.15) is 65.3 Å². The van der Waals surface area contributed by atoms with Crippen molar-refractivity contribution in [2.24, 2.45) is 16.8 Å². The van der Waals surface area contributed by atoms with Crippen molar-refractivity contribution in [1.82, 2.24) is 10.7 Å². The number of hydrogen-bond acceptors (Lipinski definition) is 8. The first kappa shape index (κ1) is 28.5. The molecule has 1 atom stereocenters. The Kier molecular flexibility index (Phi) is 9.05. The molecule has 4 aromatic rings. The molecule has 0 saturated heterocycles. The number of rotatable bonds is 12. The zero-order valence-corrected chi connectivity index (χ0v) is 25.9. The van der Waals surface area contributed by atoms with Crippen molar-refractivity contribution in [3.05, 3.63) is 96.5 Å². The molecular weight excluding hydrogens is 555 g/mol. The fourth-order valence-electron chi connectivity index (χ4n) is 5.28. The van der Waals surface area contributed by atoms with E-state index >= 15 is 0 Å². The van der Waals surface area contributed by atoms with Gasteiger partial charge in [0, 0.05) is 27.0 Å². The number of hydrogen-bond donors (Lipinski definition) is 2. The molecule has 4 heterocycles. The lowest BCUT2D eigenvalue weighted by Crippen LogP contribution is -2.58. The van der Waals surface area contributed by atoms with Crippen LogP contribution in [0, 0.1) is 5.92 Å². The molecule has 1 aliphatic heterocycles. The lowest BCUT2D eigenvalue weighted by molar-refractivity contribution is -0.124. The number of nitrogens with zero attached hydrogens (tertiary/aromatic N) is 3. The molecule has 0 aliphatic carbocycles. The van der Waals surface area contributed by atoms with Gasteiger partial charge < -0.3 is 5.73 Å². The predicted molar refractivity (Wildman–Crippen MR) is 170 cm³/mol. The second-order valence-electron chi connectivity index (χ2n) is 10.8. The maximum Gasteiger partial charge on any atom is 0.239 e. The van der Waals surface area contributed by atoms with E-state index in [0.717, 1.165) is 29.2 Å². The Balaban J connectivity index is 1.65. The summed E-state index contributed by atoms with van der Waals surface area (Å²) in [6.07, 6.45) is 2.21. The maximum absolute atomic E-state index is 13.1. The summed E-state index contributed by atoms with van der Waals surface area (Å²) in [4.78, 5) is 16.8. The minimum absolute atomic E-state index is 0.0882. The minimum Gasteiger partial charge on any atom is -0.368 e. The van der Waals surface area contributed by atoms with Crippen molar-refractivity contribution in [2.45, 2.75) is 64.8 Å². The fraction of sp³-hybridized carbons (Fsp3) is 0.355. The number of hydrazine groups is 2. The molecule has 0 radical (unpaired) electrons. The second kappa shape index (κ2) is 12.7. The van der Waals surface area contributed by atoms with Crippen LogP contribution in [0.3, 0.4) is 0 Å². The predicted octanol–water partition coefficient (Wildman–Crippen LogP) is 7.17. The summed E-state index contributed by atoms with van der Waals surface area (Å²) in [5.74, 6) is 1.16. The SMILES string of the molecule is CC(C)c1cccc(C(C)C)c1N1C(C(Cc2cccs2)Cc2cccs2)=NNN1C(Cc1cccs1)C(N)=O. The second-order valence-corrected chi connectivity index (χ2v) is 13.9. The van der Waals surface area contributed by atoms with E-state index < -0.39 is 6.04 Å². The molecular formula is C31H37N5OS3. The van der Waals surface area contributed by atoms with Crippen LogP contribution in [0.25, 0.3) is 0 Å². The third kappa shape index (κ3) is 6.17. The van der Waals surface area contributed by atoms with Gasteiger partial charge in [-0.1, -0.05) is 69.2 Å². The maximum atomic E-state index is 13.1. The van der Waals surface area contributed by atoms with Crippen LogP contribution in [0.4, 0.5) is 5.69 Å². The monoisotopic (exact) mass is 591 g/mol. The van der Waals surface area contributed by atoms with Crippen molar-refractivity contribution in [2.75, 3.05) is 5.01 Å². The molecule has 3 N–H and O–H groups in total. The Hall–Kier alpha value is -2.98. The van der Waals surface area contributed by atoms with E-state index in [0.29, 0.717) is 6.42 Å². The van der Waals surface area contributed by atoms with Crippen LogP contribution < -0.4 is 16.3 Å². The smallest absolute Gasteiger partial charge is 0.239 e. The van der Waals surface area contributed by atoms with E-state index in [1.54, 1.807) is 34.0 Å². The van der Waals surface area contributed by atoms with E-state index in [2.05, 4.69) is 97.5 Å². The molecule has 0 bridgehead atoms. The zero-order valence-electron chi connectivity index (χ0n) is 23.4. The van der Waals surface area contributed by atoms with E-state index in [1.807, 2.05) is 16.6 Å². The molecule has 0 saturated carbocycles. The van der Waals surface area contributed by atoms with Gasteiger partial charge in [0.2, 0.25) is 5.91 Å². The quantitative estimate of drug-likeness (QED) is 0.183. The van der Waals surface area contributed by atoms with Gasteiger partial charge >= 0.3 is 0 Å². The van der Waals surface area contributed by atoms with Crippen LogP contribution in [-0.2, 0) is 24.1 Å². The van der Waals surface area contributed by atoms with Gasteiger partial charge in [0.15, 0.2) is 5.84 Å². The lowest BCUT2D eigenvalue weighted by atomic mass is 9.91. The molecule has 9 heteroatoms. The molecule has 0 fully saturated rings. The highest BCUT2D eigenvalue weighted by Crippen LogP contribution is 2.39. The van der Waals surface area contributed by atoms with Gasteiger partial charge in [-0.15, -0.1) is 39.1 Å². The molecule has 1 amide bonds. The summed E-state index contributed by atoms with van der Waals surface area (Å²) in [6.45, 7) is 8.89. The van der Waals surface area contributed by atoms with Crippen molar-refractivity contribution in [3.63, 3.8) is 0 Å². The third-order valence-corrected chi connectivity index (χ3v) is 9.97. The fourth-order valence-corrected chi connectivity index (χ4v) is 7.60. The highest BCUT2D eigenvalue weighted by Gasteiger charge is 2.41. The average Bonchev–Trinajstić information content (AvgIpc) is 3.74. The summed E-state index contributed by atoms with van der Waals surface area (Å²) in [5.41, 5.74) is 12.9. The van der Waals surface area contributed by atoms with Crippen LogP contribution in [0.15, 0.2) is 75.8 Å². The number of anilines is 1. The Bertz CT molecular complexity index is 1350. The number of carbonyl (C=O) groups excluding carboxylic acids is 1. The Morgan fingerprint density at radius 2 is 1.30 bits per heavy atom. The van der Waals surface area contributed by atoms with Crippen molar-refractivity contribution in [1.29, 1.82) is 0 Å². The average molecular weight is 592 g/mol. The third-order valence-electron chi connectivity index (χ3n) is 7.27. The van der Waals surface area contributed by atoms with Gasteiger partial charge in [-0.25, -0.2) is 10.5 Å². The van der Waals surface area contributed by atoms with Gasteiger partial charge in [0.05, 0.1) is 5.69 Å². The number of hydrazone groups is 1. The normalized spacial score (nSPS) is 14.8. The van der Waals surface area contributed by atoms with Crippen LogP contribution in [0.5, 0.6) is 0 Å². The van der Waals surface area contributed by atoms with Gasteiger partial charge in [-0.05, 0) is 70.1 Å². The first-order valence-electron chi connectivity index (χ1n) is 13.7. The molecule has 1 aromatic carbocycles. The van der Waals surface area contributed by atoms with Crippen molar-refractivity contribution < 1.29 is 4.79 Å². The number of carbonyl (C=O) groups is 1. The summed E-state index contributed by atoms with van der Waals surface area (Å²) in [7, 11) is 0. The van der Waals surface area contributed by atoms with E-state index in [4.69, 9.17) is 10.8 Å². The zero-order chi connectivity index (χ0) is 28.2.